The molecule has 1 aromatic rings. The molecule has 0 saturated carbocycles. The molecule has 2 heterocycles. The minimum atomic E-state index is -0.0781. The van der Waals surface area contributed by atoms with E-state index in [2.05, 4.69) is 89.5 Å². The zero-order valence-electron chi connectivity index (χ0n) is 15.9. The van der Waals surface area contributed by atoms with Crippen molar-refractivity contribution in [3.8, 4) is 0 Å². The van der Waals surface area contributed by atoms with Crippen molar-refractivity contribution in [2.24, 2.45) is 4.99 Å². The molecule has 3 rings (SSSR count). The standard InChI is InChI=1S/C20H30N3.Ni/c1-8-20-14-21-11-12-23(20,22-20)17-13-15(18(2,3)4)9-10-16(17)19(5,6)7;/h9-14,22H,8H2,1-7H3;/q+1;. The maximum Gasteiger partial charge on any atom is 0.258 e. The second kappa shape index (κ2) is 5.79. The number of fused-ring (bicyclic) bond motifs is 1. The van der Waals surface area contributed by atoms with Crippen molar-refractivity contribution in [3.05, 3.63) is 41.7 Å². The van der Waals surface area contributed by atoms with Gasteiger partial charge in [0.05, 0.1) is 12.4 Å². The zero-order chi connectivity index (χ0) is 17.1. The molecule has 2 unspecified atom stereocenters. The van der Waals surface area contributed by atoms with Gasteiger partial charge in [0.15, 0.2) is 5.69 Å². The van der Waals surface area contributed by atoms with Crippen LogP contribution in [0, 0.1) is 0 Å². The molecule has 0 aromatic heterocycles. The fourth-order valence-electron chi connectivity index (χ4n) is 3.57. The van der Waals surface area contributed by atoms with E-state index in [0.29, 0.717) is 4.59 Å². The minimum absolute atomic E-state index is 0. The number of quaternary nitrogens is 1. The molecule has 0 aliphatic carbocycles. The Hall–Kier alpha value is -0.956. The largest absolute Gasteiger partial charge is 0.258 e. The quantitative estimate of drug-likeness (QED) is 0.454. The summed E-state index contributed by atoms with van der Waals surface area (Å²) < 4.78 is 0.698. The van der Waals surface area contributed by atoms with Crippen molar-refractivity contribution in [2.45, 2.75) is 71.4 Å². The van der Waals surface area contributed by atoms with Crippen molar-refractivity contribution in [1.82, 2.24) is 10.0 Å². The third-order valence-corrected chi connectivity index (χ3v) is 5.20. The molecule has 1 fully saturated rings. The second-order valence-electron chi connectivity index (χ2n) is 8.92. The molecule has 1 saturated heterocycles. The van der Waals surface area contributed by atoms with E-state index in [4.69, 9.17) is 0 Å². The molecule has 134 valence electrons. The monoisotopic (exact) mass is 370 g/mol. The Balaban J connectivity index is 0.00000208. The summed E-state index contributed by atoms with van der Waals surface area (Å²) in [6.07, 6.45) is 7.21. The molecule has 2 atom stereocenters. The molecule has 0 spiro atoms. The van der Waals surface area contributed by atoms with Crippen molar-refractivity contribution in [3.63, 3.8) is 0 Å². The first kappa shape index (κ1) is 19.4. The van der Waals surface area contributed by atoms with E-state index in [1.165, 1.54) is 16.8 Å². The smallest absolute Gasteiger partial charge is 0.255 e. The number of hydrogen-bond acceptors (Lipinski definition) is 2. The van der Waals surface area contributed by atoms with E-state index in [9.17, 15) is 0 Å². The Morgan fingerprint density at radius 1 is 1.08 bits per heavy atom. The predicted molar refractivity (Wildman–Crippen MR) is 99.4 cm³/mol. The SMILES string of the molecule is CCC12C=NC=C[N+]1(c1cc(C(C)(C)C)ccc1C(C)(C)C)N2.[Ni]. The van der Waals surface area contributed by atoms with Gasteiger partial charge in [-0.25, -0.2) is 0 Å². The van der Waals surface area contributed by atoms with E-state index < -0.39 is 0 Å². The van der Waals surface area contributed by atoms with Gasteiger partial charge in [0.25, 0.3) is 5.66 Å². The van der Waals surface area contributed by atoms with Crippen molar-refractivity contribution in [1.29, 1.82) is 0 Å². The van der Waals surface area contributed by atoms with E-state index >= 15 is 0 Å². The van der Waals surface area contributed by atoms with Crippen LogP contribution in [0.3, 0.4) is 0 Å². The average molecular weight is 371 g/mol. The van der Waals surface area contributed by atoms with Crippen LogP contribution >= 0.6 is 0 Å². The van der Waals surface area contributed by atoms with Crippen molar-refractivity contribution >= 4 is 11.9 Å². The summed E-state index contributed by atoms with van der Waals surface area (Å²) in [5, 5.41) is 0. The van der Waals surface area contributed by atoms with Crippen LogP contribution in [0.4, 0.5) is 5.69 Å². The summed E-state index contributed by atoms with van der Waals surface area (Å²) in [6.45, 7) is 15.9. The summed E-state index contributed by atoms with van der Waals surface area (Å²) >= 11 is 0. The van der Waals surface area contributed by atoms with E-state index in [1.54, 1.807) is 0 Å². The van der Waals surface area contributed by atoms with Crippen LogP contribution in [0.25, 0.3) is 0 Å². The molecule has 0 bridgehead atoms. The number of nitrogens with one attached hydrogen (secondary N) is 1. The molecule has 2 aliphatic heterocycles. The molecule has 3 nitrogen and oxygen atoms in total. The van der Waals surface area contributed by atoms with E-state index in [0.717, 1.165) is 6.42 Å². The summed E-state index contributed by atoms with van der Waals surface area (Å²) in [4.78, 5) is 4.39. The molecule has 1 aromatic carbocycles. The van der Waals surface area contributed by atoms with Gasteiger partial charge < -0.3 is 0 Å². The van der Waals surface area contributed by atoms with Crippen LogP contribution in [0.5, 0.6) is 0 Å². The van der Waals surface area contributed by atoms with Gasteiger partial charge in [-0.15, -0.1) is 0 Å². The van der Waals surface area contributed by atoms with Crippen molar-refractivity contribution < 1.29 is 16.5 Å². The third-order valence-electron chi connectivity index (χ3n) is 5.20. The Morgan fingerprint density at radius 3 is 2.29 bits per heavy atom. The fraction of sp³-hybridized carbons (Fsp3) is 0.550. The van der Waals surface area contributed by atoms with Crippen LogP contribution in [0.15, 0.2) is 35.6 Å². The van der Waals surface area contributed by atoms with E-state index in [-0.39, 0.29) is 33.0 Å². The predicted octanol–water partition coefficient (Wildman–Crippen LogP) is 4.77. The molecule has 0 radical (unpaired) electrons. The maximum absolute atomic E-state index is 4.39. The van der Waals surface area contributed by atoms with Gasteiger partial charge in [-0.05, 0) is 16.4 Å². The molecular formula is C20H30N3Ni+. The molecule has 4 heteroatoms. The normalized spacial score (nSPS) is 28.3. The Bertz CT molecular complexity index is 694. The van der Waals surface area contributed by atoms with Gasteiger partial charge in [0, 0.05) is 34.5 Å². The molecule has 24 heavy (non-hydrogen) atoms. The van der Waals surface area contributed by atoms with Gasteiger partial charge in [-0.1, -0.05) is 66.0 Å². The molecular weight excluding hydrogens is 341 g/mol. The number of benzene rings is 1. The molecule has 0 amide bonds. The van der Waals surface area contributed by atoms with Crippen LogP contribution in [-0.2, 0) is 27.3 Å². The Kier molecular flexibility index (Phi) is 4.68. The number of hydrogen-bond donors (Lipinski definition) is 1. The first-order chi connectivity index (χ1) is 10.6. The summed E-state index contributed by atoms with van der Waals surface area (Å²) in [5.74, 6) is 0. The first-order valence-corrected chi connectivity index (χ1v) is 8.62. The topological polar surface area (TPSA) is 34.3 Å². The number of aliphatic imine (C=N–C) groups is 1. The van der Waals surface area contributed by atoms with Crippen LogP contribution in [-0.4, -0.2) is 11.9 Å². The number of rotatable bonds is 2. The van der Waals surface area contributed by atoms with Gasteiger partial charge in [0.2, 0.25) is 0 Å². The van der Waals surface area contributed by atoms with Crippen LogP contribution in [0.2, 0.25) is 0 Å². The van der Waals surface area contributed by atoms with Gasteiger partial charge in [-0.3, -0.25) is 4.99 Å². The molecule has 2 aliphatic rings. The second-order valence-corrected chi connectivity index (χ2v) is 8.92. The Labute approximate surface area is 156 Å². The summed E-state index contributed by atoms with van der Waals surface area (Å²) in [6, 6.07) is 7.01. The average Bonchev–Trinajstić information content (AvgIpc) is 3.16. The maximum atomic E-state index is 4.39. The Morgan fingerprint density at radius 2 is 1.75 bits per heavy atom. The van der Waals surface area contributed by atoms with Gasteiger partial charge in [-0.2, -0.15) is 4.59 Å². The fourth-order valence-corrected chi connectivity index (χ4v) is 3.57. The zero-order valence-corrected chi connectivity index (χ0v) is 16.9. The van der Waals surface area contributed by atoms with E-state index in [1.807, 2.05) is 6.20 Å². The van der Waals surface area contributed by atoms with Crippen LogP contribution < -0.4 is 10.0 Å². The third kappa shape index (κ3) is 2.79. The van der Waals surface area contributed by atoms with Gasteiger partial charge >= 0.3 is 0 Å². The number of nitrogens with zero attached hydrogens (tertiary/aromatic N) is 2. The van der Waals surface area contributed by atoms with Crippen LogP contribution in [0.1, 0.15) is 66.0 Å². The van der Waals surface area contributed by atoms with Gasteiger partial charge in [0.1, 0.15) is 6.20 Å². The first-order valence-electron chi connectivity index (χ1n) is 8.62. The molecule has 1 N–H and O–H groups in total. The summed E-state index contributed by atoms with van der Waals surface area (Å²) in [5.41, 5.74) is 8.01. The van der Waals surface area contributed by atoms with Crippen molar-refractivity contribution in [2.75, 3.05) is 0 Å². The minimum Gasteiger partial charge on any atom is -0.255 e. The summed E-state index contributed by atoms with van der Waals surface area (Å²) in [7, 11) is 0.